The van der Waals surface area contributed by atoms with Gasteiger partial charge < -0.3 is 0 Å². The highest BCUT2D eigenvalue weighted by Crippen LogP contribution is 2.45. The Hall–Kier alpha value is -6.94. The second-order valence-corrected chi connectivity index (χ2v) is 14.9. The van der Waals surface area contributed by atoms with E-state index in [1.165, 1.54) is 75.8 Å². The van der Waals surface area contributed by atoms with E-state index in [0.717, 1.165) is 22.3 Å². The van der Waals surface area contributed by atoms with Crippen molar-refractivity contribution in [3.05, 3.63) is 207 Å². The van der Waals surface area contributed by atoms with Crippen LogP contribution in [0.25, 0.3) is 98.1 Å². The lowest BCUT2D eigenvalue weighted by atomic mass is 9.91. The van der Waals surface area contributed by atoms with Gasteiger partial charge in [0.05, 0.1) is 0 Å². The molecular formula is C52H34N2S. The van der Waals surface area contributed by atoms with Crippen LogP contribution in [0.1, 0.15) is 0 Å². The summed E-state index contributed by atoms with van der Waals surface area (Å²) >= 11 is 1.90. The van der Waals surface area contributed by atoms with E-state index in [0.29, 0.717) is 0 Å². The highest BCUT2D eigenvalue weighted by Gasteiger charge is 2.16. The number of fused-ring (bicyclic) bond motifs is 3. The zero-order chi connectivity index (χ0) is 36.6. The lowest BCUT2D eigenvalue weighted by Gasteiger charge is -2.13. The summed E-state index contributed by atoms with van der Waals surface area (Å²) < 4.78 is 2.61. The van der Waals surface area contributed by atoms with E-state index in [-0.39, 0.29) is 0 Å². The minimum Gasteiger partial charge on any atom is -0.264 e. The summed E-state index contributed by atoms with van der Waals surface area (Å²) in [6.45, 7) is 0. The highest BCUT2D eigenvalue weighted by atomic mass is 32.1. The third-order valence-corrected chi connectivity index (χ3v) is 11.8. The molecule has 0 radical (unpaired) electrons. The fraction of sp³-hybridized carbons (Fsp3) is 0. The smallest absolute Gasteiger partial charge is 0.0434 e. The molecule has 0 aliphatic rings. The molecule has 0 saturated heterocycles. The summed E-state index contributed by atoms with van der Waals surface area (Å²) in [5.41, 5.74) is 16.6. The molecule has 3 heteroatoms. The van der Waals surface area contributed by atoms with Crippen LogP contribution in [0.3, 0.4) is 0 Å². The highest BCUT2D eigenvalue weighted by molar-refractivity contribution is 7.26. The molecule has 2 nitrogen and oxygen atoms in total. The van der Waals surface area contributed by atoms with E-state index >= 15 is 0 Å². The summed E-state index contributed by atoms with van der Waals surface area (Å²) in [5, 5.41) is 2.58. The van der Waals surface area contributed by atoms with Crippen molar-refractivity contribution in [2.24, 2.45) is 0 Å². The summed E-state index contributed by atoms with van der Waals surface area (Å²) in [6, 6.07) is 66.0. The second-order valence-electron chi connectivity index (χ2n) is 13.8. The Morgan fingerprint density at radius 1 is 0.273 bits per heavy atom. The Kier molecular flexibility index (Phi) is 8.40. The van der Waals surface area contributed by atoms with Crippen molar-refractivity contribution in [3.8, 4) is 77.9 Å². The minimum absolute atomic E-state index is 1.11. The monoisotopic (exact) mass is 718 g/mol. The predicted molar refractivity (Wildman–Crippen MR) is 233 cm³/mol. The van der Waals surface area contributed by atoms with Crippen LogP contribution < -0.4 is 0 Å². The number of aromatic nitrogens is 2. The molecule has 0 saturated carbocycles. The van der Waals surface area contributed by atoms with Crippen LogP contribution in [0, 0.1) is 0 Å². The zero-order valence-electron chi connectivity index (χ0n) is 29.9. The van der Waals surface area contributed by atoms with Gasteiger partial charge in [-0.1, -0.05) is 152 Å². The molecule has 258 valence electrons. The molecule has 0 amide bonds. The molecule has 10 rings (SSSR count). The van der Waals surface area contributed by atoms with Crippen LogP contribution >= 0.6 is 11.3 Å². The van der Waals surface area contributed by atoms with Gasteiger partial charge in [0.25, 0.3) is 0 Å². The molecule has 0 bridgehead atoms. The van der Waals surface area contributed by atoms with Crippen LogP contribution in [0.4, 0.5) is 0 Å². The maximum atomic E-state index is 4.33. The molecule has 0 N–H and O–H groups in total. The van der Waals surface area contributed by atoms with Gasteiger partial charge in [-0.05, 0) is 108 Å². The number of nitrogens with zero attached hydrogens (tertiary/aromatic N) is 2. The lowest BCUT2D eigenvalue weighted by molar-refractivity contribution is 1.33. The summed E-state index contributed by atoms with van der Waals surface area (Å²) in [7, 11) is 0. The predicted octanol–water partition coefficient (Wildman–Crippen LogP) is 14.5. The molecule has 0 atom stereocenters. The van der Waals surface area contributed by atoms with Gasteiger partial charge in [-0.25, -0.2) is 0 Å². The largest absolute Gasteiger partial charge is 0.264 e. The van der Waals surface area contributed by atoms with E-state index in [4.69, 9.17) is 0 Å². The van der Waals surface area contributed by atoms with Gasteiger partial charge in [0.15, 0.2) is 0 Å². The molecule has 55 heavy (non-hydrogen) atoms. The van der Waals surface area contributed by atoms with Crippen molar-refractivity contribution in [1.29, 1.82) is 0 Å². The number of thiophene rings is 1. The number of hydrogen-bond acceptors (Lipinski definition) is 3. The first-order valence-electron chi connectivity index (χ1n) is 18.5. The molecule has 3 heterocycles. The number of benzene rings is 7. The van der Waals surface area contributed by atoms with Crippen LogP contribution in [0.5, 0.6) is 0 Å². The molecule has 0 unspecified atom stereocenters. The number of hydrogen-bond donors (Lipinski definition) is 0. The van der Waals surface area contributed by atoms with Gasteiger partial charge in [-0.15, -0.1) is 11.3 Å². The van der Waals surface area contributed by atoms with Gasteiger partial charge in [-0.3, -0.25) is 9.97 Å². The van der Waals surface area contributed by atoms with E-state index in [1.54, 1.807) is 0 Å². The molecular weight excluding hydrogens is 685 g/mol. The van der Waals surface area contributed by atoms with E-state index in [9.17, 15) is 0 Å². The van der Waals surface area contributed by atoms with Crippen LogP contribution in [-0.2, 0) is 0 Å². The maximum absolute atomic E-state index is 4.33. The van der Waals surface area contributed by atoms with Gasteiger partial charge in [0, 0.05) is 45.0 Å². The van der Waals surface area contributed by atoms with Crippen molar-refractivity contribution in [3.63, 3.8) is 0 Å². The second kappa shape index (κ2) is 14.1. The third kappa shape index (κ3) is 6.31. The van der Waals surface area contributed by atoms with Gasteiger partial charge in [0.1, 0.15) is 0 Å². The lowest BCUT2D eigenvalue weighted by Crippen LogP contribution is -1.87. The maximum Gasteiger partial charge on any atom is 0.0434 e. The summed E-state index contributed by atoms with van der Waals surface area (Å²) in [6.07, 6.45) is 7.46. The number of rotatable bonds is 7. The summed E-state index contributed by atoms with van der Waals surface area (Å²) in [5.74, 6) is 0. The Labute approximate surface area is 324 Å². The number of pyridine rings is 2. The fourth-order valence-electron chi connectivity index (χ4n) is 7.64. The summed E-state index contributed by atoms with van der Waals surface area (Å²) in [4.78, 5) is 8.67. The SMILES string of the molecule is c1ccc(-c2ccc(-c3cccc4c3sc3c(-c5cc(-c6ccc(-c7cccnc7)cc6)cc(-c6ccc(-c7cccnc7)cc6)c5)cccc34)cc2)cc1. The standard InChI is InChI=1S/C52H34N2S/c1-2-8-35(9-3-1)36-24-26-41(27-25-36)47-12-4-14-49-50-15-5-13-48(52(50)55-51(47)49)46-31-44(39-20-16-37(17-21-39)42-10-6-28-53-33-42)30-45(32-46)40-22-18-38(19-23-40)43-11-7-29-54-34-43/h1-34H. The van der Waals surface area contributed by atoms with Crippen molar-refractivity contribution in [2.45, 2.75) is 0 Å². The van der Waals surface area contributed by atoms with Crippen LogP contribution in [0.2, 0.25) is 0 Å². The van der Waals surface area contributed by atoms with Gasteiger partial charge in [0.2, 0.25) is 0 Å². The Morgan fingerprint density at radius 3 is 1.13 bits per heavy atom. The first kappa shape index (κ1) is 32.7. The average Bonchev–Trinajstić information content (AvgIpc) is 3.67. The molecule has 0 fully saturated rings. The molecule has 7 aromatic carbocycles. The Balaban J connectivity index is 1.10. The molecule has 10 aromatic rings. The molecule has 0 aliphatic heterocycles. The van der Waals surface area contributed by atoms with Crippen molar-refractivity contribution >= 4 is 31.5 Å². The first-order chi connectivity index (χ1) is 27.2. The van der Waals surface area contributed by atoms with E-state index < -0.39 is 0 Å². The molecule has 0 aliphatic carbocycles. The average molecular weight is 719 g/mol. The van der Waals surface area contributed by atoms with Crippen molar-refractivity contribution in [1.82, 2.24) is 9.97 Å². The van der Waals surface area contributed by atoms with E-state index in [1.807, 2.05) is 48.3 Å². The quantitative estimate of drug-likeness (QED) is 0.164. The first-order valence-corrected chi connectivity index (χ1v) is 19.3. The molecule has 3 aromatic heterocycles. The topological polar surface area (TPSA) is 25.8 Å². The minimum atomic E-state index is 1.11. The normalized spacial score (nSPS) is 11.3. The molecule has 0 spiro atoms. The van der Waals surface area contributed by atoms with Crippen LogP contribution in [0.15, 0.2) is 207 Å². The van der Waals surface area contributed by atoms with E-state index in [2.05, 4.69) is 180 Å². The zero-order valence-corrected chi connectivity index (χ0v) is 30.7. The Morgan fingerprint density at radius 2 is 0.655 bits per heavy atom. The van der Waals surface area contributed by atoms with Gasteiger partial charge >= 0.3 is 0 Å². The van der Waals surface area contributed by atoms with Crippen molar-refractivity contribution < 1.29 is 0 Å². The fourth-order valence-corrected chi connectivity index (χ4v) is 9.01. The Bertz CT molecular complexity index is 2810. The van der Waals surface area contributed by atoms with Crippen molar-refractivity contribution in [2.75, 3.05) is 0 Å². The van der Waals surface area contributed by atoms with Gasteiger partial charge in [-0.2, -0.15) is 0 Å². The van der Waals surface area contributed by atoms with Crippen LogP contribution in [-0.4, -0.2) is 9.97 Å². The third-order valence-electron chi connectivity index (χ3n) is 10.5.